The van der Waals surface area contributed by atoms with Crippen LogP contribution < -0.4 is 5.01 Å². The van der Waals surface area contributed by atoms with Gasteiger partial charge in [-0.05, 0) is 36.2 Å². The molecule has 25 heavy (non-hydrogen) atoms. The lowest BCUT2D eigenvalue weighted by molar-refractivity contribution is -0.137. The molecule has 0 aromatic heterocycles. The van der Waals surface area contributed by atoms with Crippen LogP contribution in [0.25, 0.3) is 0 Å². The Bertz CT molecular complexity index is 792. The van der Waals surface area contributed by atoms with Crippen molar-refractivity contribution < 1.29 is 23.1 Å². The van der Waals surface area contributed by atoms with Gasteiger partial charge in [0.1, 0.15) is 0 Å². The first-order valence-corrected chi connectivity index (χ1v) is 7.79. The van der Waals surface area contributed by atoms with Gasteiger partial charge in [0, 0.05) is 19.2 Å². The van der Waals surface area contributed by atoms with Gasteiger partial charge in [0.15, 0.2) is 0 Å². The van der Waals surface area contributed by atoms with Crippen molar-refractivity contribution in [1.82, 2.24) is 5.01 Å². The Morgan fingerprint density at radius 2 is 1.84 bits per heavy atom. The van der Waals surface area contributed by atoms with Gasteiger partial charge in [0.05, 0.1) is 17.3 Å². The number of aliphatic hydroxyl groups is 1. The van der Waals surface area contributed by atoms with Crippen LogP contribution in [0.2, 0.25) is 0 Å². The first-order chi connectivity index (χ1) is 11.8. The van der Waals surface area contributed by atoms with E-state index in [1.165, 1.54) is 29.2 Å². The lowest BCUT2D eigenvalue weighted by atomic mass is 9.94. The number of rotatable bonds is 3. The normalized spacial score (nSPS) is 17.6. The highest BCUT2D eigenvalue weighted by Gasteiger charge is 2.37. The molecule has 1 atom stereocenters. The first kappa shape index (κ1) is 17.3. The third-order valence-corrected chi connectivity index (χ3v) is 4.30. The fourth-order valence-corrected chi connectivity index (χ4v) is 3.17. The minimum absolute atomic E-state index is 0.156. The summed E-state index contributed by atoms with van der Waals surface area (Å²) in [7, 11) is 1.52. The highest BCUT2D eigenvalue weighted by Crippen LogP contribution is 2.39. The van der Waals surface area contributed by atoms with E-state index >= 15 is 0 Å². The number of alkyl halides is 3. The van der Waals surface area contributed by atoms with Crippen molar-refractivity contribution in [3.63, 3.8) is 0 Å². The molecule has 2 aromatic rings. The SMILES string of the molecule is CN1C(=O)c2ccccc2C(CCO)N1c1cccc(C(F)(F)F)c1. The second-order valence-corrected chi connectivity index (χ2v) is 5.84. The van der Waals surface area contributed by atoms with Crippen molar-refractivity contribution in [3.05, 3.63) is 65.2 Å². The molecule has 7 heteroatoms. The van der Waals surface area contributed by atoms with Crippen molar-refractivity contribution in [2.45, 2.75) is 18.6 Å². The van der Waals surface area contributed by atoms with Crippen LogP contribution in [0, 0.1) is 0 Å². The highest BCUT2D eigenvalue weighted by atomic mass is 19.4. The number of carbonyl (C=O) groups excluding carboxylic acids is 1. The van der Waals surface area contributed by atoms with Crippen LogP contribution in [0.15, 0.2) is 48.5 Å². The van der Waals surface area contributed by atoms with Gasteiger partial charge in [0.25, 0.3) is 5.91 Å². The second kappa shape index (κ2) is 6.40. The number of nitrogens with zero attached hydrogens (tertiary/aromatic N) is 2. The van der Waals surface area contributed by atoms with Gasteiger partial charge < -0.3 is 5.11 Å². The molecule has 0 saturated carbocycles. The van der Waals surface area contributed by atoms with Gasteiger partial charge in [0.2, 0.25) is 0 Å². The topological polar surface area (TPSA) is 43.8 Å². The number of carbonyl (C=O) groups is 1. The predicted molar refractivity (Wildman–Crippen MR) is 86.9 cm³/mol. The maximum Gasteiger partial charge on any atom is 0.416 e. The fraction of sp³-hybridized carbons (Fsp3) is 0.278. The van der Waals surface area contributed by atoms with Crippen LogP contribution in [0.4, 0.5) is 18.9 Å². The van der Waals surface area contributed by atoms with E-state index in [1.54, 1.807) is 24.3 Å². The maximum absolute atomic E-state index is 13.1. The summed E-state index contributed by atoms with van der Waals surface area (Å²) in [6.07, 6.45) is -4.19. The summed E-state index contributed by atoms with van der Waals surface area (Å²) in [6, 6.07) is 11.4. The molecule has 0 bridgehead atoms. The Labute approximate surface area is 143 Å². The van der Waals surface area contributed by atoms with Crippen LogP contribution in [0.1, 0.15) is 33.9 Å². The van der Waals surface area contributed by atoms with Crippen LogP contribution in [-0.2, 0) is 6.18 Å². The number of hydrazine groups is 1. The summed E-state index contributed by atoms with van der Waals surface area (Å²) in [5.41, 5.74) is 0.648. The van der Waals surface area contributed by atoms with Crippen molar-refractivity contribution in [2.75, 3.05) is 18.7 Å². The standard InChI is InChI=1S/C18H17F3N2O2/c1-22-17(25)15-8-3-2-7-14(15)16(9-10-24)23(22)13-6-4-5-12(11-13)18(19,20)21/h2-8,11,16,24H,9-10H2,1H3. The van der Waals surface area contributed by atoms with Crippen molar-refractivity contribution in [2.24, 2.45) is 0 Å². The average molecular weight is 350 g/mol. The smallest absolute Gasteiger partial charge is 0.396 e. The van der Waals surface area contributed by atoms with E-state index in [0.717, 1.165) is 12.1 Å². The molecule has 1 amide bonds. The second-order valence-electron chi connectivity index (χ2n) is 5.84. The summed E-state index contributed by atoms with van der Waals surface area (Å²) in [5, 5.41) is 12.2. The zero-order chi connectivity index (χ0) is 18.2. The van der Waals surface area contributed by atoms with E-state index < -0.39 is 17.8 Å². The van der Waals surface area contributed by atoms with Crippen LogP contribution >= 0.6 is 0 Å². The molecule has 1 unspecified atom stereocenters. The summed E-state index contributed by atoms with van der Waals surface area (Å²) < 4.78 is 39.2. The van der Waals surface area contributed by atoms with E-state index in [-0.39, 0.29) is 24.6 Å². The highest BCUT2D eigenvalue weighted by molar-refractivity contribution is 5.98. The van der Waals surface area contributed by atoms with E-state index in [1.807, 2.05) is 0 Å². The largest absolute Gasteiger partial charge is 0.416 e. The van der Waals surface area contributed by atoms with Gasteiger partial charge >= 0.3 is 6.18 Å². The Balaban J connectivity index is 2.12. The lowest BCUT2D eigenvalue weighted by Gasteiger charge is -2.44. The molecule has 1 N–H and O–H groups in total. The molecule has 1 aliphatic heterocycles. The Morgan fingerprint density at radius 1 is 1.12 bits per heavy atom. The molecular weight excluding hydrogens is 333 g/mol. The molecule has 0 spiro atoms. The minimum atomic E-state index is -4.47. The van der Waals surface area contributed by atoms with Gasteiger partial charge in [-0.15, -0.1) is 0 Å². The molecule has 4 nitrogen and oxygen atoms in total. The molecular formula is C18H17F3N2O2. The molecule has 132 valence electrons. The quantitative estimate of drug-likeness (QED) is 0.919. The Kier molecular flexibility index (Phi) is 4.43. The molecule has 0 fully saturated rings. The third-order valence-electron chi connectivity index (χ3n) is 4.30. The third kappa shape index (κ3) is 3.07. The number of hydrogen-bond donors (Lipinski definition) is 1. The van der Waals surface area contributed by atoms with Gasteiger partial charge in [-0.2, -0.15) is 13.2 Å². The van der Waals surface area contributed by atoms with Gasteiger partial charge in [-0.1, -0.05) is 24.3 Å². The molecule has 0 saturated heterocycles. The van der Waals surface area contributed by atoms with Crippen molar-refractivity contribution in [1.29, 1.82) is 0 Å². The number of hydrogen-bond acceptors (Lipinski definition) is 3. The van der Waals surface area contributed by atoms with E-state index in [4.69, 9.17) is 0 Å². The fourth-order valence-electron chi connectivity index (χ4n) is 3.17. The molecule has 1 heterocycles. The monoisotopic (exact) mass is 350 g/mol. The molecule has 0 aliphatic carbocycles. The zero-order valence-corrected chi connectivity index (χ0v) is 13.5. The number of halogens is 3. The summed E-state index contributed by atoms with van der Waals surface area (Å²) in [4.78, 5) is 12.6. The predicted octanol–water partition coefficient (Wildman–Crippen LogP) is 3.64. The first-order valence-electron chi connectivity index (χ1n) is 7.79. The number of aliphatic hydroxyl groups excluding tert-OH is 1. The maximum atomic E-state index is 13.1. The summed E-state index contributed by atoms with van der Waals surface area (Å²) >= 11 is 0. The van der Waals surface area contributed by atoms with Crippen LogP contribution in [-0.4, -0.2) is 29.7 Å². The summed E-state index contributed by atoms with van der Waals surface area (Å²) in [6.45, 7) is -0.156. The average Bonchev–Trinajstić information content (AvgIpc) is 2.59. The van der Waals surface area contributed by atoms with Gasteiger partial charge in [-0.3, -0.25) is 14.8 Å². The number of benzene rings is 2. The Morgan fingerprint density at radius 3 is 2.52 bits per heavy atom. The van der Waals surface area contributed by atoms with E-state index in [2.05, 4.69) is 0 Å². The summed E-state index contributed by atoms with van der Waals surface area (Å²) in [5.74, 6) is -0.304. The van der Waals surface area contributed by atoms with Crippen LogP contribution in [0.3, 0.4) is 0 Å². The minimum Gasteiger partial charge on any atom is -0.396 e. The van der Waals surface area contributed by atoms with Gasteiger partial charge in [-0.25, -0.2) is 0 Å². The molecule has 0 radical (unpaired) electrons. The molecule has 1 aliphatic rings. The van der Waals surface area contributed by atoms with Crippen molar-refractivity contribution >= 4 is 11.6 Å². The lowest BCUT2D eigenvalue weighted by Crippen LogP contribution is -2.50. The molecule has 2 aromatic carbocycles. The Hall–Kier alpha value is -2.54. The van der Waals surface area contributed by atoms with E-state index in [9.17, 15) is 23.1 Å². The number of amides is 1. The molecule has 3 rings (SSSR count). The number of anilines is 1. The number of fused-ring (bicyclic) bond motifs is 1. The van der Waals surface area contributed by atoms with Crippen molar-refractivity contribution in [3.8, 4) is 0 Å². The zero-order valence-electron chi connectivity index (χ0n) is 13.5. The van der Waals surface area contributed by atoms with Crippen LogP contribution in [0.5, 0.6) is 0 Å². The van der Waals surface area contributed by atoms with E-state index in [0.29, 0.717) is 11.1 Å².